The van der Waals surface area contributed by atoms with Gasteiger partial charge in [-0.3, -0.25) is 4.98 Å². The van der Waals surface area contributed by atoms with Gasteiger partial charge in [0, 0.05) is 22.5 Å². The second kappa shape index (κ2) is 6.96. The Morgan fingerprint density at radius 1 is 0.913 bits per heavy atom. The minimum atomic E-state index is 0. The van der Waals surface area contributed by atoms with E-state index in [1.807, 2.05) is 25.1 Å². The van der Waals surface area contributed by atoms with Crippen LogP contribution >= 0.6 is 23.2 Å². The van der Waals surface area contributed by atoms with Crippen LogP contribution in [-0.4, -0.2) is 4.98 Å². The van der Waals surface area contributed by atoms with Gasteiger partial charge < -0.3 is 17.7 Å². The molecule has 0 atom stereocenters. The van der Waals surface area contributed by atoms with Crippen molar-refractivity contribution in [3.8, 4) is 0 Å². The predicted octanol–water partition coefficient (Wildman–Crippen LogP) is 3.21. The van der Waals surface area contributed by atoms with Crippen molar-refractivity contribution in [2.24, 2.45) is 0 Å². The molecule has 3 rings (SSSR count). The van der Waals surface area contributed by atoms with Gasteiger partial charge in [-0.2, -0.15) is 0 Å². The zero-order valence-corrected chi connectivity index (χ0v) is 15.3. The third-order valence-corrected chi connectivity index (χ3v) is 4.31. The fourth-order valence-corrected chi connectivity index (χ4v) is 2.94. The molecule has 2 nitrogen and oxygen atoms in total. The van der Waals surface area contributed by atoms with Gasteiger partial charge in [0.05, 0.1) is 15.6 Å². The Balaban J connectivity index is 0.00000192. The number of anilines is 2. The molecule has 0 aliphatic heterocycles. The standard InChI is InChI=1S/C18H16Cl2N2.ClH/c1-10-6-11(2)18-14(7-10)17(8-12(3)21-18)22-13-4-5-15(19)16(20)9-13;/h4-9H,1-3H3,(H,21,22);1H/p-1. The van der Waals surface area contributed by atoms with E-state index in [9.17, 15) is 0 Å². The average Bonchev–Trinajstić information content (AvgIpc) is 2.44. The molecule has 5 heteroatoms. The summed E-state index contributed by atoms with van der Waals surface area (Å²) in [5.41, 5.74) is 6.31. The molecular formula is C18H16Cl3N2-. The molecule has 1 aromatic heterocycles. The van der Waals surface area contributed by atoms with Crippen LogP contribution in [0.2, 0.25) is 10.0 Å². The van der Waals surface area contributed by atoms with Crippen molar-refractivity contribution in [3.63, 3.8) is 0 Å². The number of hydrogen-bond acceptors (Lipinski definition) is 2. The monoisotopic (exact) mass is 365 g/mol. The normalized spacial score (nSPS) is 10.5. The summed E-state index contributed by atoms with van der Waals surface area (Å²) in [4.78, 5) is 4.66. The van der Waals surface area contributed by atoms with Crippen LogP contribution in [0.5, 0.6) is 0 Å². The van der Waals surface area contributed by atoms with Crippen LogP contribution in [0.1, 0.15) is 16.8 Å². The zero-order valence-electron chi connectivity index (χ0n) is 13.0. The molecule has 0 bridgehead atoms. The number of aromatic nitrogens is 1. The maximum absolute atomic E-state index is 6.10. The molecule has 0 amide bonds. The maximum Gasteiger partial charge on any atom is 0.0755 e. The Morgan fingerprint density at radius 3 is 2.35 bits per heavy atom. The largest absolute Gasteiger partial charge is 1.00 e. The summed E-state index contributed by atoms with van der Waals surface area (Å²) in [6, 6.07) is 11.9. The van der Waals surface area contributed by atoms with E-state index in [1.165, 1.54) is 11.1 Å². The fraction of sp³-hybridized carbons (Fsp3) is 0.167. The van der Waals surface area contributed by atoms with Crippen molar-refractivity contribution in [2.45, 2.75) is 20.8 Å². The zero-order chi connectivity index (χ0) is 15.9. The number of halogens is 3. The van der Waals surface area contributed by atoms with Gasteiger partial charge in [0.25, 0.3) is 0 Å². The summed E-state index contributed by atoms with van der Waals surface area (Å²) in [5, 5.41) is 5.62. The minimum absolute atomic E-state index is 0. The summed E-state index contributed by atoms with van der Waals surface area (Å²) in [6.07, 6.45) is 0. The Labute approximate surface area is 152 Å². The van der Waals surface area contributed by atoms with Crippen molar-refractivity contribution in [1.29, 1.82) is 0 Å². The van der Waals surface area contributed by atoms with Gasteiger partial charge in [0.2, 0.25) is 0 Å². The van der Waals surface area contributed by atoms with Crippen LogP contribution in [0.3, 0.4) is 0 Å². The molecule has 0 unspecified atom stereocenters. The fourth-order valence-electron chi connectivity index (χ4n) is 2.64. The average molecular weight is 367 g/mol. The van der Waals surface area contributed by atoms with Gasteiger partial charge >= 0.3 is 0 Å². The first kappa shape index (κ1) is 17.9. The van der Waals surface area contributed by atoms with Gasteiger partial charge in [-0.25, -0.2) is 0 Å². The quantitative estimate of drug-likeness (QED) is 0.753. The molecule has 0 saturated carbocycles. The second-order valence-electron chi connectivity index (χ2n) is 5.54. The van der Waals surface area contributed by atoms with Crippen molar-refractivity contribution in [3.05, 3.63) is 63.3 Å². The highest BCUT2D eigenvalue weighted by atomic mass is 35.5. The van der Waals surface area contributed by atoms with Crippen LogP contribution in [0.25, 0.3) is 10.9 Å². The maximum atomic E-state index is 6.10. The number of pyridine rings is 1. The summed E-state index contributed by atoms with van der Waals surface area (Å²) >= 11 is 12.1. The van der Waals surface area contributed by atoms with E-state index in [0.29, 0.717) is 10.0 Å². The number of nitrogens with zero attached hydrogens (tertiary/aromatic N) is 1. The molecular weight excluding hydrogens is 351 g/mol. The number of benzene rings is 2. The molecule has 0 radical (unpaired) electrons. The van der Waals surface area contributed by atoms with Gasteiger partial charge in [0.1, 0.15) is 0 Å². The number of nitrogens with one attached hydrogen (secondary N) is 1. The van der Waals surface area contributed by atoms with E-state index < -0.39 is 0 Å². The Kier molecular flexibility index (Phi) is 5.41. The van der Waals surface area contributed by atoms with Crippen LogP contribution in [0.4, 0.5) is 11.4 Å². The van der Waals surface area contributed by atoms with Gasteiger partial charge in [-0.1, -0.05) is 34.8 Å². The predicted molar refractivity (Wildman–Crippen MR) is 95.7 cm³/mol. The molecule has 2 aromatic carbocycles. The lowest BCUT2D eigenvalue weighted by atomic mass is 10.0. The van der Waals surface area contributed by atoms with Crippen molar-refractivity contribution < 1.29 is 12.4 Å². The van der Waals surface area contributed by atoms with E-state index in [4.69, 9.17) is 23.2 Å². The smallest absolute Gasteiger partial charge is 0.0755 e. The number of fused-ring (bicyclic) bond motifs is 1. The van der Waals surface area contributed by atoms with E-state index >= 15 is 0 Å². The summed E-state index contributed by atoms with van der Waals surface area (Å²) < 4.78 is 0. The van der Waals surface area contributed by atoms with Gasteiger partial charge in [0.15, 0.2) is 0 Å². The molecule has 0 saturated heterocycles. The van der Waals surface area contributed by atoms with E-state index in [2.05, 4.69) is 36.3 Å². The molecule has 1 N–H and O–H groups in total. The summed E-state index contributed by atoms with van der Waals surface area (Å²) in [5.74, 6) is 0. The molecule has 0 fully saturated rings. The lowest BCUT2D eigenvalue weighted by Gasteiger charge is -2.13. The number of rotatable bonds is 2. The molecule has 0 spiro atoms. The molecule has 3 aromatic rings. The SMILES string of the molecule is Cc1cc(C)c2nc(C)cc(Nc3ccc(Cl)c(Cl)c3)c2c1.[Cl-]. The lowest BCUT2D eigenvalue weighted by Crippen LogP contribution is -3.00. The van der Waals surface area contributed by atoms with Gasteiger partial charge in [-0.05, 0) is 56.7 Å². The van der Waals surface area contributed by atoms with E-state index in [0.717, 1.165) is 28.0 Å². The van der Waals surface area contributed by atoms with Crippen LogP contribution < -0.4 is 17.7 Å². The minimum Gasteiger partial charge on any atom is -1.00 e. The first-order valence-corrected chi connectivity index (χ1v) is 7.80. The Bertz CT molecular complexity index is 876. The Morgan fingerprint density at radius 2 is 1.65 bits per heavy atom. The molecule has 1 heterocycles. The van der Waals surface area contributed by atoms with E-state index in [1.54, 1.807) is 6.07 Å². The highest BCUT2D eigenvalue weighted by molar-refractivity contribution is 6.42. The first-order chi connectivity index (χ1) is 10.4. The summed E-state index contributed by atoms with van der Waals surface area (Å²) in [6.45, 7) is 6.18. The highest BCUT2D eigenvalue weighted by Gasteiger charge is 2.08. The molecule has 120 valence electrons. The first-order valence-electron chi connectivity index (χ1n) is 7.05. The van der Waals surface area contributed by atoms with Crippen LogP contribution in [0, 0.1) is 20.8 Å². The van der Waals surface area contributed by atoms with Crippen molar-refractivity contribution in [1.82, 2.24) is 4.98 Å². The summed E-state index contributed by atoms with van der Waals surface area (Å²) in [7, 11) is 0. The lowest BCUT2D eigenvalue weighted by molar-refractivity contribution is -0.00000447. The number of hydrogen-bond donors (Lipinski definition) is 1. The molecule has 0 aliphatic carbocycles. The highest BCUT2D eigenvalue weighted by Crippen LogP contribution is 2.31. The third-order valence-electron chi connectivity index (χ3n) is 3.57. The number of aryl methyl sites for hydroxylation is 3. The molecule has 23 heavy (non-hydrogen) atoms. The van der Waals surface area contributed by atoms with Gasteiger partial charge in [-0.15, -0.1) is 0 Å². The van der Waals surface area contributed by atoms with Crippen LogP contribution in [-0.2, 0) is 0 Å². The molecule has 0 aliphatic rings. The van der Waals surface area contributed by atoms with Crippen LogP contribution in [0.15, 0.2) is 36.4 Å². The van der Waals surface area contributed by atoms with Crippen molar-refractivity contribution >= 4 is 45.5 Å². The third kappa shape index (κ3) is 3.72. The topological polar surface area (TPSA) is 24.9 Å². The Hall–Kier alpha value is -1.48. The second-order valence-corrected chi connectivity index (χ2v) is 6.36. The van der Waals surface area contributed by atoms with Crippen molar-refractivity contribution in [2.75, 3.05) is 5.32 Å². The van der Waals surface area contributed by atoms with E-state index in [-0.39, 0.29) is 12.4 Å².